The van der Waals surface area contributed by atoms with Crippen molar-refractivity contribution in [2.45, 2.75) is 52.2 Å². The maximum Gasteiger partial charge on any atom is 0.289 e. The Kier molecular flexibility index (Phi) is 5.62. The zero-order valence-electron chi connectivity index (χ0n) is 10.1. The van der Waals surface area contributed by atoms with Crippen molar-refractivity contribution in [1.29, 1.82) is 0 Å². The normalized spacial score (nSPS) is 14.2. The van der Waals surface area contributed by atoms with Crippen molar-refractivity contribution in [1.82, 2.24) is 0 Å². The number of carbonyl (C=O) groups excluding carboxylic acids is 1. The summed E-state index contributed by atoms with van der Waals surface area (Å²) in [7, 11) is -2.97. The van der Waals surface area contributed by atoms with Gasteiger partial charge in [-0.15, -0.1) is 0 Å². The van der Waals surface area contributed by atoms with Crippen LogP contribution in [0, 0.1) is 0 Å². The first-order valence-corrected chi connectivity index (χ1v) is 10.6. The maximum atomic E-state index is 10.9. The molecule has 1 unspecified atom stereocenters. The van der Waals surface area contributed by atoms with Gasteiger partial charge in [0.1, 0.15) is 0 Å². The van der Waals surface area contributed by atoms with Crippen LogP contribution in [0.5, 0.6) is 0 Å². The quantitative estimate of drug-likeness (QED) is 0.683. The predicted molar refractivity (Wildman–Crippen MR) is 63.3 cm³/mol. The molecule has 0 aromatic rings. The highest BCUT2D eigenvalue weighted by atomic mass is 28.4. The van der Waals surface area contributed by atoms with E-state index in [2.05, 4.69) is 19.6 Å². The molecule has 0 aliphatic carbocycles. The summed E-state index contributed by atoms with van der Waals surface area (Å²) in [4.78, 5) is 10.9. The zero-order chi connectivity index (χ0) is 11.4. The number of rotatable bonds is 5. The second-order valence-electron chi connectivity index (χ2n) is 4.55. The number of hydrogen-bond donors (Lipinski definition) is 0. The molecule has 0 bridgehead atoms. The van der Waals surface area contributed by atoms with Crippen molar-refractivity contribution in [3.05, 3.63) is 0 Å². The Labute approximate surface area is 89.7 Å². The Hall–Kier alpha value is -0.136. The summed E-state index contributed by atoms with van der Waals surface area (Å²) >= 11 is 0. The van der Waals surface area contributed by atoms with Crippen molar-refractivity contribution in [3.63, 3.8) is 0 Å². The van der Waals surface area contributed by atoms with Crippen LogP contribution in [0.15, 0.2) is 0 Å². The summed E-state index contributed by atoms with van der Waals surface area (Å²) < 4.78 is 11.1. The van der Waals surface area contributed by atoms with Gasteiger partial charge in [0.2, 0.25) is 8.32 Å². The molecule has 0 spiro atoms. The summed E-state index contributed by atoms with van der Waals surface area (Å²) in [6.45, 7) is 11.9. The smallest absolute Gasteiger partial charge is 0.289 e. The van der Waals surface area contributed by atoms with E-state index in [1.807, 2.05) is 13.8 Å². The van der Waals surface area contributed by atoms with Gasteiger partial charge < -0.3 is 8.85 Å². The number of hydrogen-bond acceptors (Lipinski definition) is 3. The average molecular weight is 234 g/mol. The molecule has 0 radical (unpaired) electrons. The molecular weight excluding hydrogens is 212 g/mol. The van der Waals surface area contributed by atoms with Gasteiger partial charge in [0.05, 0.1) is 0 Å². The van der Waals surface area contributed by atoms with Crippen LogP contribution in [0.4, 0.5) is 0 Å². The third-order valence-corrected chi connectivity index (χ3v) is 9.78. The van der Waals surface area contributed by atoms with E-state index in [1.54, 1.807) is 0 Å². The lowest BCUT2D eigenvalue weighted by molar-refractivity contribution is -0.132. The molecule has 0 N–H and O–H groups in total. The Morgan fingerprint density at radius 1 is 1.43 bits per heavy atom. The minimum atomic E-state index is -1.81. The second kappa shape index (κ2) is 5.67. The summed E-state index contributed by atoms with van der Waals surface area (Å²) in [6.07, 6.45) is 0.291. The molecule has 0 saturated heterocycles. The van der Waals surface area contributed by atoms with Gasteiger partial charge in [-0.1, -0.05) is 0 Å². The van der Waals surface area contributed by atoms with Gasteiger partial charge in [0.25, 0.3) is 5.97 Å². The van der Waals surface area contributed by atoms with E-state index in [9.17, 15) is 4.79 Å². The van der Waals surface area contributed by atoms with Gasteiger partial charge in [0, 0.05) is 13.0 Å². The average Bonchev–Trinajstić information content (AvgIpc) is 1.77. The highest BCUT2D eigenvalue weighted by molar-refractivity contribution is 6.83. The third kappa shape index (κ3) is 7.28. The van der Waals surface area contributed by atoms with Gasteiger partial charge in [-0.3, -0.25) is 4.79 Å². The summed E-state index contributed by atoms with van der Waals surface area (Å²) in [5.74, 6) is -0.160. The monoisotopic (exact) mass is 234 g/mol. The molecule has 0 heterocycles. The van der Waals surface area contributed by atoms with Crippen LogP contribution < -0.4 is 0 Å². The first-order chi connectivity index (χ1) is 6.23. The Morgan fingerprint density at radius 2 is 1.93 bits per heavy atom. The van der Waals surface area contributed by atoms with Gasteiger partial charge >= 0.3 is 0 Å². The minimum absolute atomic E-state index is 0.160. The van der Waals surface area contributed by atoms with Crippen LogP contribution in [-0.2, 0) is 13.6 Å². The zero-order valence-corrected chi connectivity index (χ0v) is 12.2. The van der Waals surface area contributed by atoms with Crippen LogP contribution in [0.25, 0.3) is 0 Å². The van der Waals surface area contributed by atoms with Crippen LogP contribution in [0.1, 0.15) is 20.8 Å². The molecule has 0 fully saturated rings. The molecular formula is C9H22O3Si2. The highest BCUT2D eigenvalue weighted by Gasteiger charge is 2.29. The van der Waals surface area contributed by atoms with Crippen LogP contribution >= 0.6 is 0 Å². The molecule has 14 heavy (non-hydrogen) atoms. The van der Waals surface area contributed by atoms with Crippen molar-refractivity contribution < 1.29 is 13.6 Å². The van der Waals surface area contributed by atoms with E-state index in [0.29, 0.717) is 6.10 Å². The van der Waals surface area contributed by atoms with Crippen molar-refractivity contribution in [3.8, 4) is 0 Å². The summed E-state index contributed by atoms with van der Waals surface area (Å²) in [5, 5.41) is 0. The van der Waals surface area contributed by atoms with Gasteiger partial charge in [-0.25, -0.2) is 0 Å². The lowest BCUT2D eigenvalue weighted by Gasteiger charge is -2.25. The Bertz CT molecular complexity index is 192. The fourth-order valence-electron chi connectivity index (χ4n) is 1.64. The van der Waals surface area contributed by atoms with Gasteiger partial charge in [-0.2, -0.15) is 0 Å². The molecule has 1 atom stereocenters. The summed E-state index contributed by atoms with van der Waals surface area (Å²) in [6, 6.07) is 0. The van der Waals surface area contributed by atoms with Crippen LogP contribution in [0.2, 0.25) is 25.3 Å². The molecule has 0 aromatic heterocycles. The van der Waals surface area contributed by atoms with E-state index in [0.717, 1.165) is 5.67 Å². The molecule has 0 saturated carbocycles. The molecule has 0 aliphatic rings. The van der Waals surface area contributed by atoms with Crippen LogP contribution in [-0.4, -0.2) is 29.4 Å². The maximum absolute atomic E-state index is 10.9. The molecule has 5 heteroatoms. The highest BCUT2D eigenvalue weighted by Crippen LogP contribution is 2.15. The van der Waals surface area contributed by atoms with E-state index in [4.69, 9.17) is 8.85 Å². The molecule has 0 amide bonds. The van der Waals surface area contributed by atoms with Crippen molar-refractivity contribution >= 4 is 23.3 Å². The molecule has 0 aromatic carbocycles. The Balaban J connectivity index is 4.00. The van der Waals surface area contributed by atoms with Gasteiger partial charge in [-0.05, 0) is 39.2 Å². The Morgan fingerprint density at radius 3 is 2.29 bits per heavy atom. The van der Waals surface area contributed by atoms with Gasteiger partial charge in [0.15, 0.2) is 9.04 Å². The second-order valence-corrected chi connectivity index (χ2v) is 11.8. The SMILES string of the molecule is CC(=O)O[Si](C)(C)C[SiH](C)OC(C)C. The topological polar surface area (TPSA) is 35.5 Å². The lowest BCUT2D eigenvalue weighted by Crippen LogP contribution is -2.38. The first-order valence-electron chi connectivity index (χ1n) is 5.08. The molecule has 3 nitrogen and oxygen atoms in total. The van der Waals surface area contributed by atoms with E-state index < -0.39 is 17.4 Å². The van der Waals surface area contributed by atoms with Crippen LogP contribution in [0.3, 0.4) is 0 Å². The molecule has 0 aliphatic heterocycles. The molecule has 0 rings (SSSR count). The van der Waals surface area contributed by atoms with E-state index in [-0.39, 0.29) is 5.97 Å². The predicted octanol–water partition coefficient (Wildman–Crippen LogP) is 2.07. The van der Waals surface area contributed by atoms with E-state index >= 15 is 0 Å². The van der Waals surface area contributed by atoms with Crippen molar-refractivity contribution in [2.24, 2.45) is 0 Å². The molecule has 84 valence electrons. The minimum Gasteiger partial charge on any atom is -0.520 e. The first kappa shape index (κ1) is 13.9. The lowest BCUT2D eigenvalue weighted by atomic mass is 10.5. The fraction of sp³-hybridized carbons (Fsp3) is 0.889. The van der Waals surface area contributed by atoms with E-state index in [1.165, 1.54) is 6.92 Å². The van der Waals surface area contributed by atoms with Crippen molar-refractivity contribution in [2.75, 3.05) is 0 Å². The largest absolute Gasteiger partial charge is 0.520 e. The standard InChI is InChI=1S/C9H22O3Si2/c1-8(2)11-13(4)7-14(5,6)12-9(3)10/h8,13H,7H2,1-6H3. The summed E-state index contributed by atoms with van der Waals surface area (Å²) in [5.41, 5.74) is 0.991. The number of carbonyl (C=O) groups is 1. The third-order valence-electron chi connectivity index (χ3n) is 1.70. The fourth-order valence-corrected chi connectivity index (χ4v) is 9.60.